The fourth-order valence-electron chi connectivity index (χ4n) is 4.79. The number of aliphatic hydroxyl groups excluding tert-OH is 2. The predicted octanol–water partition coefficient (Wildman–Crippen LogP) is 4.99. The van der Waals surface area contributed by atoms with E-state index in [1.807, 2.05) is 6.08 Å². The maximum atomic E-state index is 10.5. The topological polar surface area (TPSA) is 52.5 Å². The van der Waals surface area contributed by atoms with Crippen molar-refractivity contribution in [3.63, 3.8) is 0 Å². The normalized spacial score (nSPS) is 28.9. The minimum Gasteiger partial charge on any atom is -0.392 e. The largest absolute Gasteiger partial charge is 0.392 e. The van der Waals surface area contributed by atoms with Crippen molar-refractivity contribution in [1.82, 2.24) is 5.32 Å². The Morgan fingerprint density at radius 1 is 1.19 bits per heavy atom. The number of nitrogens with one attached hydrogen (secondary N) is 1. The van der Waals surface area contributed by atoms with Crippen LogP contribution >= 0.6 is 0 Å². The van der Waals surface area contributed by atoms with Crippen LogP contribution in [0.3, 0.4) is 0 Å². The third-order valence-electron chi connectivity index (χ3n) is 6.34. The van der Waals surface area contributed by atoms with Gasteiger partial charge < -0.3 is 15.5 Å². The second kappa shape index (κ2) is 12.0. The molecule has 0 bridgehead atoms. The lowest BCUT2D eigenvalue weighted by atomic mass is 9.88. The van der Waals surface area contributed by atoms with E-state index in [0.29, 0.717) is 17.9 Å². The molecule has 156 valence electrons. The zero-order valence-corrected chi connectivity index (χ0v) is 17.9. The Bertz CT molecular complexity index is 471. The quantitative estimate of drug-likeness (QED) is 0.313. The van der Waals surface area contributed by atoms with Crippen LogP contribution in [0.4, 0.5) is 0 Å². The van der Waals surface area contributed by atoms with Gasteiger partial charge in [0.1, 0.15) is 0 Å². The molecule has 2 rings (SSSR count). The van der Waals surface area contributed by atoms with Gasteiger partial charge >= 0.3 is 0 Å². The smallest absolute Gasteiger partial charge is 0.0721 e. The zero-order chi connectivity index (χ0) is 19.6. The van der Waals surface area contributed by atoms with E-state index in [1.54, 1.807) is 5.57 Å². The highest BCUT2D eigenvalue weighted by Gasteiger charge is 2.43. The Morgan fingerprint density at radius 3 is 2.74 bits per heavy atom. The lowest BCUT2D eigenvalue weighted by molar-refractivity contribution is 0.139. The molecule has 0 aliphatic heterocycles. The van der Waals surface area contributed by atoms with Crippen LogP contribution in [0.5, 0.6) is 0 Å². The summed E-state index contributed by atoms with van der Waals surface area (Å²) in [7, 11) is 0. The molecule has 0 heterocycles. The molecule has 0 aromatic rings. The van der Waals surface area contributed by atoms with Gasteiger partial charge in [0.05, 0.1) is 12.2 Å². The average Bonchev–Trinajstić information content (AvgIpc) is 3.12. The van der Waals surface area contributed by atoms with Crippen LogP contribution in [0.25, 0.3) is 0 Å². The van der Waals surface area contributed by atoms with Crippen LogP contribution in [0.1, 0.15) is 85.0 Å². The molecule has 0 spiro atoms. The highest BCUT2D eigenvalue weighted by atomic mass is 16.3. The third kappa shape index (κ3) is 7.71. The van der Waals surface area contributed by atoms with E-state index >= 15 is 0 Å². The van der Waals surface area contributed by atoms with E-state index in [4.69, 9.17) is 0 Å². The number of rotatable bonds is 13. The average molecular weight is 378 g/mol. The SMILES string of the molecule is CCCCC[C@H](O)C=C[C@@H]1[C@H]2CC(CCCCCNC(C)C)=C[C@H]2C[C@H]1O. The van der Waals surface area contributed by atoms with Crippen LogP contribution in [0.2, 0.25) is 0 Å². The van der Waals surface area contributed by atoms with Gasteiger partial charge in [-0.15, -0.1) is 0 Å². The van der Waals surface area contributed by atoms with Gasteiger partial charge in [-0.05, 0) is 56.9 Å². The van der Waals surface area contributed by atoms with Gasteiger partial charge in [-0.25, -0.2) is 0 Å². The predicted molar refractivity (Wildman–Crippen MR) is 115 cm³/mol. The molecule has 0 radical (unpaired) electrons. The van der Waals surface area contributed by atoms with Crippen molar-refractivity contribution in [3.05, 3.63) is 23.8 Å². The maximum Gasteiger partial charge on any atom is 0.0721 e. The second-order valence-electron chi connectivity index (χ2n) is 9.10. The zero-order valence-electron chi connectivity index (χ0n) is 17.9. The van der Waals surface area contributed by atoms with Crippen molar-refractivity contribution in [2.24, 2.45) is 17.8 Å². The molecule has 5 atom stereocenters. The van der Waals surface area contributed by atoms with Crippen molar-refractivity contribution in [1.29, 1.82) is 0 Å². The first-order chi connectivity index (χ1) is 13.0. The number of hydrogen-bond acceptors (Lipinski definition) is 3. The van der Waals surface area contributed by atoms with Crippen molar-refractivity contribution in [3.8, 4) is 0 Å². The van der Waals surface area contributed by atoms with Gasteiger partial charge in [-0.3, -0.25) is 0 Å². The van der Waals surface area contributed by atoms with Crippen molar-refractivity contribution in [2.75, 3.05) is 6.54 Å². The summed E-state index contributed by atoms with van der Waals surface area (Å²) >= 11 is 0. The first kappa shape index (κ1) is 22.6. The first-order valence-electron chi connectivity index (χ1n) is 11.5. The Hall–Kier alpha value is -0.640. The van der Waals surface area contributed by atoms with Crippen LogP contribution in [-0.2, 0) is 0 Å². The fourth-order valence-corrected chi connectivity index (χ4v) is 4.79. The highest BCUT2D eigenvalue weighted by molar-refractivity contribution is 5.20. The van der Waals surface area contributed by atoms with Crippen LogP contribution in [-0.4, -0.2) is 35.0 Å². The Balaban J connectivity index is 1.70. The molecular formula is C24H43NO2. The summed E-state index contributed by atoms with van der Waals surface area (Å²) in [5.41, 5.74) is 1.61. The molecule has 2 aliphatic carbocycles. The van der Waals surface area contributed by atoms with Crippen LogP contribution in [0, 0.1) is 17.8 Å². The van der Waals surface area contributed by atoms with Crippen LogP contribution < -0.4 is 5.32 Å². The number of fused-ring (bicyclic) bond motifs is 1. The number of unbranched alkanes of at least 4 members (excludes halogenated alkanes) is 4. The molecule has 1 fully saturated rings. The molecule has 0 aromatic carbocycles. The van der Waals surface area contributed by atoms with Gasteiger partial charge in [0.25, 0.3) is 0 Å². The lowest BCUT2D eigenvalue weighted by Crippen LogP contribution is -2.23. The molecule has 27 heavy (non-hydrogen) atoms. The summed E-state index contributed by atoms with van der Waals surface area (Å²) in [5.74, 6) is 1.32. The van der Waals surface area contributed by atoms with E-state index in [2.05, 4.69) is 38.2 Å². The van der Waals surface area contributed by atoms with Crippen LogP contribution in [0.15, 0.2) is 23.8 Å². The highest BCUT2D eigenvalue weighted by Crippen LogP contribution is 2.48. The summed E-state index contributed by atoms with van der Waals surface area (Å²) in [6, 6.07) is 0.587. The van der Waals surface area contributed by atoms with E-state index in [1.165, 1.54) is 38.5 Å². The molecule has 0 unspecified atom stereocenters. The summed E-state index contributed by atoms with van der Waals surface area (Å²) in [6.45, 7) is 7.71. The molecule has 0 aromatic heterocycles. The van der Waals surface area contributed by atoms with Gasteiger partial charge in [-0.1, -0.05) is 70.3 Å². The number of aliphatic hydroxyl groups is 2. The molecule has 0 amide bonds. The second-order valence-corrected chi connectivity index (χ2v) is 9.10. The van der Waals surface area contributed by atoms with E-state index < -0.39 is 0 Å². The molecule has 3 heteroatoms. The van der Waals surface area contributed by atoms with Gasteiger partial charge in [0.2, 0.25) is 0 Å². The molecule has 3 nitrogen and oxygen atoms in total. The van der Waals surface area contributed by atoms with E-state index in [-0.39, 0.29) is 18.1 Å². The van der Waals surface area contributed by atoms with E-state index in [0.717, 1.165) is 32.2 Å². The monoisotopic (exact) mass is 377 g/mol. The number of allylic oxidation sites excluding steroid dienone is 2. The Labute approximate surface area is 167 Å². The summed E-state index contributed by atoms with van der Waals surface area (Å²) in [5, 5.41) is 24.1. The van der Waals surface area contributed by atoms with Gasteiger partial charge in [0, 0.05) is 12.0 Å². The molecule has 3 N–H and O–H groups in total. The van der Waals surface area contributed by atoms with Crippen molar-refractivity contribution >= 4 is 0 Å². The Morgan fingerprint density at radius 2 is 2.00 bits per heavy atom. The molecule has 1 saturated carbocycles. The maximum absolute atomic E-state index is 10.5. The summed E-state index contributed by atoms with van der Waals surface area (Å²) < 4.78 is 0. The minimum absolute atomic E-state index is 0.222. The van der Waals surface area contributed by atoms with Gasteiger partial charge in [-0.2, -0.15) is 0 Å². The molecular weight excluding hydrogens is 334 g/mol. The Kier molecular flexibility index (Phi) is 10.1. The molecule has 0 saturated heterocycles. The van der Waals surface area contributed by atoms with E-state index in [9.17, 15) is 10.2 Å². The summed E-state index contributed by atoms with van der Waals surface area (Å²) in [4.78, 5) is 0. The van der Waals surface area contributed by atoms with Crippen molar-refractivity contribution in [2.45, 2.75) is 103 Å². The third-order valence-corrected chi connectivity index (χ3v) is 6.34. The first-order valence-corrected chi connectivity index (χ1v) is 11.5. The minimum atomic E-state index is -0.351. The number of hydrogen-bond donors (Lipinski definition) is 3. The fraction of sp³-hybridized carbons (Fsp3) is 0.833. The summed E-state index contributed by atoms with van der Waals surface area (Å²) in [6.07, 6.45) is 17.3. The van der Waals surface area contributed by atoms with Crippen molar-refractivity contribution < 1.29 is 10.2 Å². The van der Waals surface area contributed by atoms with Gasteiger partial charge in [0.15, 0.2) is 0 Å². The lowest BCUT2D eigenvalue weighted by Gasteiger charge is -2.19. The molecule has 2 aliphatic rings. The standard InChI is InChI=1S/C24H43NO2/c1-4-5-7-11-21(26)12-13-22-23-16-19(15-20(23)17-24(22)27)10-8-6-9-14-25-18(2)3/h12-13,15,18,20-27H,4-11,14,16-17H2,1-3H3/t20-,21-,22+,23-,24+/m0/s1.